The van der Waals surface area contributed by atoms with Crippen molar-refractivity contribution in [3.8, 4) is 5.75 Å². The molecule has 0 aliphatic heterocycles. The van der Waals surface area contributed by atoms with Crippen molar-refractivity contribution in [3.63, 3.8) is 0 Å². The summed E-state index contributed by atoms with van der Waals surface area (Å²) >= 11 is 6.30. The second kappa shape index (κ2) is 5.28. The zero-order chi connectivity index (χ0) is 13.2. The van der Waals surface area contributed by atoms with Gasteiger partial charge < -0.3 is 10.5 Å². The zero-order valence-electron chi connectivity index (χ0n) is 11.4. The predicted octanol–water partition coefficient (Wildman–Crippen LogP) is 3.49. The van der Waals surface area contributed by atoms with Crippen LogP contribution in [0, 0.1) is 19.3 Å². The second-order valence-electron chi connectivity index (χ2n) is 5.36. The van der Waals surface area contributed by atoms with Gasteiger partial charge in [-0.05, 0) is 55.0 Å². The Morgan fingerprint density at radius 1 is 1.35 bits per heavy atom. The van der Waals surface area contributed by atoms with E-state index in [1.54, 1.807) is 7.11 Å². The molecule has 3 heteroatoms. The average molecular weight is 256 g/mol. The maximum absolute atomic E-state index is 6.30. The normalized spacial score (nSPS) is 11.7. The smallest absolute Gasteiger partial charge is 0.122 e. The maximum Gasteiger partial charge on any atom is 0.122 e. The minimum Gasteiger partial charge on any atom is -0.496 e. The molecule has 0 saturated heterocycles. The van der Waals surface area contributed by atoms with Crippen molar-refractivity contribution in [1.29, 1.82) is 0 Å². The number of hydrogen-bond acceptors (Lipinski definition) is 2. The Kier molecular flexibility index (Phi) is 4.45. The van der Waals surface area contributed by atoms with Crippen LogP contribution in [0.1, 0.15) is 30.5 Å². The molecule has 0 aliphatic rings. The van der Waals surface area contributed by atoms with Crippen molar-refractivity contribution in [1.82, 2.24) is 0 Å². The van der Waals surface area contributed by atoms with Crippen molar-refractivity contribution in [2.24, 2.45) is 11.1 Å². The predicted molar refractivity (Wildman–Crippen MR) is 74.0 cm³/mol. The second-order valence-corrected chi connectivity index (χ2v) is 5.74. The van der Waals surface area contributed by atoms with Gasteiger partial charge in [-0.1, -0.05) is 25.4 Å². The molecule has 0 aromatic heterocycles. The highest BCUT2D eigenvalue weighted by molar-refractivity contribution is 6.32. The summed E-state index contributed by atoms with van der Waals surface area (Å²) in [6.45, 7) is 8.98. The molecule has 1 aromatic carbocycles. The lowest BCUT2D eigenvalue weighted by Gasteiger charge is -2.25. The average Bonchev–Trinajstić information content (AvgIpc) is 2.29. The number of methoxy groups -OCH3 is 1. The molecule has 0 aliphatic carbocycles. The van der Waals surface area contributed by atoms with Crippen molar-refractivity contribution in [2.75, 3.05) is 13.7 Å². The van der Waals surface area contributed by atoms with E-state index in [9.17, 15) is 0 Å². The highest BCUT2D eigenvalue weighted by Crippen LogP contribution is 2.35. The van der Waals surface area contributed by atoms with Gasteiger partial charge in [-0.3, -0.25) is 0 Å². The van der Waals surface area contributed by atoms with Gasteiger partial charge in [0.2, 0.25) is 0 Å². The van der Waals surface area contributed by atoms with Crippen LogP contribution in [0.3, 0.4) is 0 Å². The van der Waals surface area contributed by atoms with E-state index in [1.165, 1.54) is 5.56 Å². The van der Waals surface area contributed by atoms with Gasteiger partial charge in [0.25, 0.3) is 0 Å². The topological polar surface area (TPSA) is 35.2 Å². The fourth-order valence-corrected chi connectivity index (χ4v) is 2.08. The van der Waals surface area contributed by atoms with E-state index < -0.39 is 0 Å². The first-order valence-corrected chi connectivity index (χ1v) is 6.23. The van der Waals surface area contributed by atoms with Gasteiger partial charge in [0.1, 0.15) is 5.75 Å². The molecule has 17 heavy (non-hydrogen) atoms. The molecule has 1 aromatic rings. The molecular formula is C14H22ClNO. The van der Waals surface area contributed by atoms with Gasteiger partial charge in [-0.25, -0.2) is 0 Å². The van der Waals surface area contributed by atoms with Crippen LogP contribution in [0.15, 0.2) is 6.07 Å². The SMILES string of the molecule is COc1cc(C)c(Cl)c(C)c1CC(C)(C)CN. The Hall–Kier alpha value is -0.730. The summed E-state index contributed by atoms with van der Waals surface area (Å²) in [4.78, 5) is 0. The van der Waals surface area contributed by atoms with Crippen LogP contribution in [0.5, 0.6) is 5.75 Å². The molecule has 0 radical (unpaired) electrons. The first-order chi connectivity index (χ1) is 7.82. The van der Waals surface area contributed by atoms with Crippen LogP contribution in [-0.4, -0.2) is 13.7 Å². The molecule has 0 spiro atoms. The van der Waals surface area contributed by atoms with Crippen LogP contribution in [0.4, 0.5) is 0 Å². The third-order valence-corrected chi connectivity index (χ3v) is 3.78. The maximum atomic E-state index is 6.30. The molecule has 0 saturated carbocycles. The highest BCUT2D eigenvalue weighted by Gasteiger charge is 2.21. The Labute approximate surface area is 109 Å². The van der Waals surface area contributed by atoms with Crippen molar-refractivity contribution < 1.29 is 4.74 Å². The molecule has 0 bridgehead atoms. The molecular weight excluding hydrogens is 234 g/mol. The number of benzene rings is 1. The van der Waals surface area contributed by atoms with Gasteiger partial charge in [0.05, 0.1) is 7.11 Å². The summed E-state index contributed by atoms with van der Waals surface area (Å²) in [5, 5.41) is 0.827. The van der Waals surface area contributed by atoms with Crippen LogP contribution in [0.2, 0.25) is 5.02 Å². The summed E-state index contributed by atoms with van der Waals surface area (Å²) in [6.07, 6.45) is 0.874. The third kappa shape index (κ3) is 3.14. The van der Waals surface area contributed by atoms with Crippen LogP contribution >= 0.6 is 11.6 Å². The van der Waals surface area contributed by atoms with Gasteiger partial charge in [0.15, 0.2) is 0 Å². The largest absolute Gasteiger partial charge is 0.496 e. The van der Waals surface area contributed by atoms with Gasteiger partial charge in [0, 0.05) is 5.02 Å². The fourth-order valence-electron chi connectivity index (χ4n) is 1.91. The molecule has 0 amide bonds. The summed E-state index contributed by atoms with van der Waals surface area (Å²) in [7, 11) is 1.70. The molecule has 96 valence electrons. The Morgan fingerprint density at radius 2 is 1.94 bits per heavy atom. The number of rotatable bonds is 4. The minimum absolute atomic E-state index is 0.0522. The lowest BCUT2D eigenvalue weighted by atomic mass is 9.83. The molecule has 2 N–H and O–H groups in total. The molecule has 0 atom stereocenters. The lowest BCUT2D eigenvalue weighted by Crippen LogP contribution is -2.26. The quantitative estimate of drug-likeness (QED) is 0.894. The van der Waals surface area contributed by atoms with E-state index in [4.69, 9.17) is 22.1 Å². The van der Waals surface area contributed by atoms with E-state index in [0.717, 1.165) is 28.3 Å². The Bertz CT molecular complexity index is 413. The van der Waals surface area contributed by atoms with Gasteiger partial charge in [-0.15, -0.1) is 0 Å². The minimum atomic E-state index is 0.0522. The number of ether oxygens (including phenoxy) is 1. The number of hydrogen-bond donors (Lipinski definition) is 1. The zero-order valence-corrected chi connectivity index (χ0v) is 12.1. The van der Waals surface area contributed by atoms with Crippen molar-refractivity contribution in [2.45, 2.75) is 34.1 Å². The summed E-state index contributed by atoms with van der Waals surface area (Å²) in [5.74, 6) is 0.908. The molecule has 1 rings (SSSR count). The van der Waals surface area contributed by atoms with Crippen LogP contribution in [-0.2, 0) is 6.42 Å². The van der Waals surface area contributed by atoms with E-state index in [2.05, 4.69) is 13.8 Å². The number of nitrogens with two attached hydrogens (primary N) is 1. The standard InChI is InChI=1S/C14H22ClNO/c1-9-6-12(17-5)11(10(2)13(9)15)7-14(3,4)8-16/h6H,7-8,16H2,1-5H3. The number of halogens is 1. The molecule has 0 heterocycles. The first-order valence-electron chi connectivity index (χ1n) is 5.85. The van der Waals surface area contributed by atoms with Crippen molar-refractivity contribution in [3.05, 3.63) is 27.8 Å². The number of aryl methyl sites for hydroxylation is 1. The monoisotopic (exact) mass is 255 g/mol. The van der Waals surface area contributed by atoms with Gasteiger partial charge >= 0.3 is 0 Å². The van der Waals surface area contributed by atoms with Crippen molar-refractivity contribution >= 4 is 11.6 Å². The molecule has 2 nitrogen and oxygen atoms in total. The highest BCUT2D eigenvalue weighted by atomic mass is 35.5. The Morgan fingerprint density at radius 3 is 2.41 bits per heavy atom. The van der Waals surface area contributed by atoms with Crippen LogP contribution < -0.4 is 10.5 Å². The third-order valence-electron chi connectivity index (χ3n) is 3.20. The van der Waals surface area contributed by atoms with E-state index in [0.29, 0.717) is 6.54 Å². The van der Waals surface area contributed by atoms with Gasteiger partial charge in [-0.2, -0.15) is 0 Å². The first kappa shape index (κ1) is 14.3. The molecule has 0 fully saturated rings. The van der Waals surface area contributed by atoms with E-state index >= 15 is 0 Å². The summed E-state index contributed by atoms with van der Waals surface area (Å²) in [6, 6.07) is 2.00. The fraction of sp³-hybridized carbons (Fsp3) is 0.571. The summed E-state index contributed by atoms with van der Waals surface area (Å²) in [5.41, 5.74) is 9.16. The van der Waals surface area contributed by atoms with Crippen LogP contribution in [0.25, 0.3) is 0 Å². The molecule has 0 unspecified atom stereocenters. The van der Waals surface area contributed by atoms with E-state index in [-0.39, 0.29) is 5.41 Å². The Balaban J connectivity index is 3.27. The lowest BCUT2D eigenvalue weighted by molar-refractivity contribution is 0.358. The van der Waals surface area contributed by atoms with E-state index in [1.807, 2.05) is 19.9 Å². The summed E-state index contributed by atoms with van der Waals surface area (Å²) < 4.78 is 5.45.